The first-order valence-electron chi connectivity index (χ1n) is 9.73. The molecule has 1 amide bonds. The first-order valence-corrected chi connectivity index (χ1v) is 9.73. The number of halogens is 1. The molecule has 1 saturated heterocycles. The SMILES string of the molecule is Cc1ccc2nc(C(=O)N3CCCC(C)C3)cc(Nc3cccc(F)c3)c2c1. The van der Waals surface area contributed by atoms with Crippen molar-refractivity contribution in [1.29, 1.82) is 0 Å². The zero-order valence-electron chi connectivity index (χ0n) is 16.2. The van der Waals surface area contributed by atoms with Crippen molar-refractivity contribution in [2.45, 2.75) is 26.7 Å². The summed E-state index contributed by atoms with van der Waals surface area (Å²) in [5, 5.41) is 4.18. The highest BCUT2D eigenvalue weighted by Gasteiger charge is 2.24. The van der Waals surface area contributed by atoms with E-state index >= 15 is 0 Å². The molecule has 1 atom stereocenters. The molecule has 3 aromatic rings. The number of nitrogens with one attached hydrogen (secondary N) is 1. The fourth-order valence-corrected chi connectivity index (χ4v) is 3.81. The molecule has 1 unspecified atom stereocenters. The number of amides is 1. The lowest BCUT2D eigenvalue weighted by Gasteiger charge is -2.30. The topological polar surface area (TPSA) is 45.2 Å². The maximum Gasteiger partial charge on any atom is 0.272 e. The standard InChI is InChI=1S/C23H24FN3O/c1-15-8-9-20-19(11-15)21(25-18-7-3-6-17(24)12-18)13-22(26-20)23(28)27-10-4-5-16(2)14-27/h3,6-9,11-13,16H,4-5,10,14H2,1-2H3,(H,25,26). The summed E-state index contributed by atoms with van der Waals surface area (Å²) in [6.07, 6.45) is 2.18. The Kier molecular flexibility index (Phi) is 4.99. The van der Waals surface area contributed by atoms with E-state index in [0.717, 1.165) is 48.1 Å². The molecular formula is C23H24FN3O. The summed E-state index contributed by atoms with van der Waals surface area (Å²) < 4.78 is 13.6. The van der Waals surface area contributed by atoms with Crippen LogP contribution in [-0.4, -0.2) is 28.9 Å². The number of pyridine rings is 1. The minimum Gasteiger partial charge on any atom is -0.355 e. The molecule has 144 valence electrons. The highest BCUT2D eigenvalue weighted by molar-refractivity contribution is 6.00. The monoisotopic (exact) mass is 377 g/mol. The van der Waals surface area contributed by atoms with Crippen LogP contribution in [0.1, 0.15) is 35.8 Å². The summed E-state index contributed by atoms with van der Waals surface area (Å²) in [7, 11) is 0. The van der Waals surface area contributed by atoms with Crippen molar-refractivity contribution in [3.63, 3.8) is 0 Å². The van der Waals surface area contributed by atoms with Crippen molar-refractivity contribution in [2.24, 2.45) is 5.92 Å². The van der Waals surface area contributed by atoms with Crippen LogP contribution in [0.5, 0.6) is 0 Å². The van der Waals surface area contributed by atoms with E-state index < -0.39 is 0 Å². The molecule has 0 saturated carbocycles. The maximum absolute atomic E-state index is 13.6. The van der Waals surface area contributed by atoms with E-state index in [1.54, 1.807) is 18.2 Å². The van der Waals surface area contributed by atoms with Crippen LogP contribution in [0.15, 0.2) is 48.5 Å². The molecule has 1 aromatic heterocycles. The fraction of sp³-hybridized carbons (Fsp3) is 0.304. The van der Waals surface area contributed by atoms with Gasteiger partial charge in [0.2, 0.25) is 0 Å². The Balaban J connectivity index is 1.76. The minimum atomic E-state index is -0.307. The molecule has 4 rings (SSSR count). The van der Waals surface area contributed by atoms with Crippen LogP contribution in [0.3, 0.4) is 0 Å². The van der Waals surface area contributed by atoms with E-state index in [9.17, 15) is 9.18 Å². The number of carbonyl (C=O) groups excluding carboxylic acids is 1. The summed E-state index contributed by atoms with van der Waals surface area (Å²) >= 11 is 0. The number of carbonyl (C=O) groups is 1. The van der Waals surface area contributed by atoms with Crippen molar-refractivity contribution in [3.05, 3.63) is 65.6 Å². The van der Waals surface area contributed by atoms with Crippen molar-refractivity contribution in [2.75, 3.05) is 18.4 Å². The van der Waals surface area contributed by atoms with Crippen molar-refractivity contribution in [1.82, 2.24) is 9.88 Å². The number of hydrogen-bond donors (Lipinski definition) is 1. The molecule has 5 heteroatoms. The number of benzene rings is 2. The first-order chi connectivity index (χ1) is 13.5. The molecule has 0 bridgehead atoms. The Hall–Kier alpha value is -2.95. The summed E-state index contributed by atoms with van der Waals surface area (Å²) in [5.41, 5.74) is 3.66. The van der Waals surface area contributed by atoms with E-state index in [0.29, 0.717) is 17.3 Å². The molecule has 1 fully saturated rings. The fourth-order valence-electron chi connectivity index (χ4n) is 3.81. The number of hydrogen-bond acceptors (Lipinski definition) is 3. The van der Waals surface area contributed by atoms with Gasteiger partial charge in [-0.3, -0.25) is 4.79 Å². The van der Waals surface area contributed by atoms with Crippen LogP contribution in [0.25, 0.3) is 10.9 Å². The molecule has 1 N–H and O–H groups in total. The number of aromatic nitrogens is 1. The number of aryl methyl sites for hydroxylation is 1. The lowest BCUT2D eigenvalue weighted by molar-refractivity contribution is 0.0677. The van der Waals surface area contributed by atoms with Gasteiger partial charge < -0.3 is 10.2 Å². The first kappa shape index (κ1) is 18.4. The van der Waals surface area contributed by atoms with Crippen LogP contribution in [0.4, 0.5) is 15.8 Å². The second-order valence-electron chi connectivity index (χ2n) is 7.71. The number of anilines is 2. The van der Waals surface area contributed by atoms with Gasteiger partial charge in [-0.05, 0) is 62.1 Å². The number of piperidine rings is 1. The average molecular weight is 377 g/mol. The number of fused-ring (bicyclic) bond motifs is 1. The quantitative estimate of drug-likeness (QED) is 0.674. The van der Waals surface area contributed by atoms with Gasteiger partial charge in [-0.25, -0.2) is 9.37 Å². The van der Waals surface area contributed by atoms with Crippen molar-refractivity contribution in [3.8, 4) is 0 Å². The summed E-state index contributed by atoms with van der Waals surface area (Å²) in [4.78, 5) is 19.6. The molecule has 2 aromatic carbocycles. The van der Waals surface area contributed by atoms with Crippen LogP contribution in [-0.2, 0) is 0 Å². The Morgan fingerprint density at radius 2 is 2.07 bits per heavy atom. The normalized spacial score (nSPS) is 17.0. The van der Waals surface area contributed by atoms with E-state index in [2.05, 4.69) is 17.2 Å². The van der Waals surface area contributed by atoms with Gasteiger partial charge in [-0.1, -0.05) is 24.6 Å². The number of rotatable bonds is 3. The van der Waals surface area contributed by atoms with Gasteiger partial charge in [-0.2, -0.15) is 0 Å². The van der Waals surface area contributed by atoms with Crippen LogP contribution < -0.4 is 5.32 Å². The second kappa shape index (κ2) is 7.58. The molecule has 0 spiro atoms. The average Bonchev–Trinajstić information content (AvgIpc) is 2.67. The highest BCUT2D eigenvalue weighted by atomic mass is 19.1. The molecule has 0 radical (unpaired) electrons. The molecule has 28 heavy (non-hydrogen) atoms. The summed E-state index contributed by atoms with van der Waals surface area (Å²) in [6, 6.07) is 14.0. The maximum atomic E-state index is 13.6. The predicted octanol–water partition coefficient (Wildman–Crippen LogP) is 5.30. The van der Waals surface area contributed by atoms with Gasteiger partial charge in [0, 0.05) is 24.2 Å². The third-order valence-electron chi connectivity index (χ3n) is 5.23. The Morgan fingerprint density at radius 3 is 2.86 bits per heavy atom. The largest absolute Gasteiger partial charge is 0.355 e. The van der Waals surface area contributed by atoms with Gasteiger partial charge in [0.25, 0.3) is 5.91 Å². The Bertz CT molecular complexity index is 1030. The van der Waals surface area contributed by atoms with Crippen LogP contribution >= 0.6 is 0 Å². The van der Waals surface area contributed by atoms with Crippen LogP contribution in [0.2, 0.25) is 0 Å². The molecular weight excluding hydrogens is 353 g/mol. The van der Waals surface area contributed by atoms with E-state index in [1.165, 1.54) is 12.1 Å². The lowest BCUT2D eigenvalue weighted by atomic mass is 10.00. The number of nitrogens with zero attached hydrogens (tertiary/aromatic N) is 2. The molecule has 0 aliphatic carbocycles. The van der Waals surface area contributed by atoms with Crippen molar-refractivity contribution >= 4 is 28.2 Å². The molecule has 1 aliphatic rings. The minimum absolute atomic E-state index is 0.0451. The molecule has 2 heterocycles. The van der Waals surface area contributed by atoms with Gasteiger partial charge >= 0.3 is 0 Å². The van der Waals surface area contributed by atoms with Crippen molar-refractivity contribution < 1.29 is 9.18 Å². The van der Waals surface area contributed by atoms with E-state index in [-0.39, 0.29) is 11.7 Å². The molecule has 1 aliphatic heterocycles. The zero-order chi connectivity index (χ0) is 19.7. The molecule has 4 nitrogen and oxygen atoms in total. The summed E-state index contributed by atoms with van der Waals surface area (Å²) in [5.74, 6) is 0.153. The van der Waals surface area contributed by atoms with E-state index in [1.807, 2.05) is 30.0 Å². The summed E-state index contributed by atoms with van der Waals surface area (Å²) in [6.45, 7) is 5.72. The van der Waals surface area contributed by atoms with Gasteiger partial charge in [0.15, 0.2) is 0 Å². The Morgan fingerprint density at radius 1 is 1.21 bits per heavy atom. The van der Waals surface area contributed by atoms with Crippen LogP contribution in [0, 0.1) is 18.7 Å². The predicted molar refractivity (Wildman–Crippen MR) is 110 cm³/mol. The van der Waals surface area contributed by atoms with Gasteiger partial charge in [-0.15, -0.1) is 0 Å². The smallest absolute Gasteiger partial charge is 0.272 e. The van der Waals surface area contributed by atoms with Gasteiger partial charge in [0.05, 0.1) is 11.2 Å². The number of likely N-dealkylation sites (tertiary alicyclic amines) is 1. The third kappa shape index (κ3) is 3.84. The van der Waals surface area contributed by atoms with Gasteiger partial charge in [0.1, 0.15) is 11.5 Å². The third-order valence-corrected chi connectivity index (χ3v) is 5.23. The lowest BCUT2D eigenvalue weighted by Crippen LogP contribution is -2.39. The zero-order valence-corrected chi connectivity index (χ0v) is 16.2. The highest BCUT2D eigenvalue weighted by Crippen LogP contribution is 2.29. The van der Waals surface area contributed by atoms with E-state index in [4.69, 9.17) is 0 Å². The second-order valence-corrected chi connectivity index (χ2v) is 7.71. The Labute approximate surface area is 164 Å².